The van der Waals surface area contributed by atoms with Gasteiger partial charge in [0.05, 0.1) is 17.6 Å². The van der Waals surface area contributed by atoms with Crippen molar-refractivity contribution >= 4 is 32.2 Å². The highest BCUT2D eigenvalue weighted by molar-refractivity contribution is 7.91. The van der Waals surface area contributed by atoms with Gasteiger partial charge in [0.15, 0.2) is 0 Å². The Hall–Kier alpha value is -3.11. The molecule has 0 radical (unpaired) electrons. The molecule has 0 fully saturated rings. The van der Waals surface area contributed by atoms with Gasteiger partial charge in [0.2, 0.25) is 9.84 Å². The number of fused-ring (bicyclic) bond motifs is 1. The van der Waals surface area contributed by atoms with Gasteiger partial charge in [0.25, 0.3) is 5.91 Å². The Balaban J connectivity index is 2.32. The molecule has 164 valence electrons. The van der Waals surface area contributed by atoms with E-state index in [2.05, 4.69) is 11.6 Å². The number of sulfone groups is 1. The van der Waals surface area contributed by atoms with Crippen molar-refractivity contribution in [3.63, 3.8) is 0 Å². The summed E-state index contributed by atoms with van der Waals surface area (Å²) in [6, 6.07) is 8.68. The van der Waals surface area contributed by atoms with Gasteiger partial charge in [-0.3, -0.25) is 9.63 Å². The number of halogens is 3. The van der Waals surface area contributed by atoms with Gasteiger partial charge in [0, 0.05) is 29.1 Å². The van der Waals surface area contributed by atoms with E-state index in [9.17, 15) is 26.4 Å². The molecule has 0 saturated heterocycles. The fraction of sp³-hybridized carbons (Fsp3) is 0.190. The predicted molar refractivity (Wildman–Crippen MR) is 109 cm³/mol. The maximum atomic E-state index is 13.3. The van der Waals surface area contributed by atoms with Gasteiger partial charge in [-0.2, -0.15) is 13.2 Å². The minimum atomic E-state index is -4.63. The topological polar surface area (TPSA) is 79.5 Å². The first-order valence-corrected chi connectivity index (χ1v) is 10.4. The molecule has 3 aromatic rings. The lowest BCUT2D eigenvalue weighted by molar-refractivity contribution is -0.161. The fourth-order valence-electron chi connectivity index (χ4n) is 3.07. The Kier molecular flexibility index (Phi) is 5.72. The normalized spacial score (nSPS) is 12.2. The average Bonchev–Trinajstić information content (AvgIpc) is 3.11. The third kappa shape index (κ3) is 4.08. The summed E-state index contributed by atoms with van der Waals surface area (Å²) in [5.74, 6) is -0.747. The van der Waals surface area contributed by atoms with Crippen molar-refractivity contribution in [2.45, 2.75) is 23.0 Å². The van der Waals surface area contributed by atoms with Gasteiger partial charge in [-0.25, -0.2) is 13.5 Å². The minimum Gasteiger partial charge on any atom is -0.345 e. The summed E-state index contributed by atoms with van der Waals surface area (Å²) in [7, 11) is -1.68. The molecule has 0 unspecified atom stereocenters. The van der Waals surface area contributed by atoms with Crippen molar-refractivity contribution in [1.29, 1.82) is 0 Å². The number of hydrogen-bond acceptors (Lipinski definition) is 4. The van der Waals surface area contributed by atoms with Crippen LogP contribution in [0.1, 0.15) is 16.7 Å². The van der Waals surface area contributed by atoms with Gasteiger partial charge in [-0.15, -0.1) is 0 Å². The Labute approximate surface area is 176 Å². The molecule has 2 aromatic carbocycles. The van der Waals surface area contributed by atoms with Crippen molar-refractivity contribution in [1.82, 2.24) is 10.0 Å². The first-order valence-electron chi connectivity index (χ1n) is 8.94. The number of hydrogen-bond donors (Lipinski definition) is 1. The van der Waals surface area contributed by atoms with Crippen molar-refractivity contribution in [2.75, 3.05) is 14.2 Å². The molecule has 0 aliphatic rings. The zero-order valence-corrected chi connectivity index (χ0v) is 17.7. The number of carbonyl (C=O) groups excluding carboxylic acids is 1. The second-order valence-electron chi connectivity index (χ2n) is 6.87. The number of nitrogens with zero attached hydrogens (tertiary/aromatic N) is 1. The Morgan fingerprint density at radius 1 is 1.13 bits per heavy atom. The molecule has 0 aliphatic carbocycles. The van der Waals surface area contributed by atoms with E-state index >= 15 is 0 Å². The van der Waals surface area contributed by atoms with E-state index in [0.717, 1.165) is 28.8 Å². The molecule has 31 heavy (non-hydrogen) atoms. The van der Waals surface area contributed by atoms with E-state index in [1.807, 2.05) is 0 Å². The van der Waals surface area contributed by atoms with Crippen LogP contribution in [0.3, 0.4) is 0 Å². The third-order valence-electron chi connectivity index (χ3n) is 4.81. The van der Waals surface area contributed by atoms with Gasteiger partial charge in [-0.1, -0.05) is 30.3 Å². The van der Waals surface area contributed by atoms with E-state index in [1.165, 1.54) is 26.3 Å². The third-order valence-corrected chi connectivity index (χ3v) is 6.55. The lowest BCUT2D eigenvalue weighted by Gasteiger charge is -2.16. The largest absolute Gasteiger partial charge is 0.416 e. The molecule has 0 spiro atoms. The molecule has 0 atom stereocenters. The zero-order valence-electron chi connectivity index (χ0n) is 16.9. The van der Waals surface area contributed by atoms with Crippen LogP contribution in [0, 0.1) is 6.92 Å². The monoisotopic (exact) mass is 452 g/mol. The number of hydroxylamine groups is 2. The van der Waals surface area contributed by atoms with Crippen LogP contribution in [0.25, 0.3) is 16.5 Å². The number of aromatic nitrogens is 1. The SMILES string of the molecule is C=C(C(=O)N(C)OC)c1c(S(=O)(=O)c2ccc(C)cc2)[nH]c2cc(C(F)(F)F)ccc12. The molecule has 1 aromatic heterocycles. The van der Waals surface area contributed by atoms with E-state index < -0.39 is 32.5 Å². The van der Waals surface area contributed by atoms with Crippen molar-refractivity contribution < 1.29 is 31.2 Å². The highest BCUT2D eigenvalue weighted by Crippen LogP contribution is 2.38. The Morgan fingerprint density at radius 3 is 2.29 bits per heavy atom. The van der Waals surface area contributed by atoms with Gasteiger partial charge in [-0.05, 0) is 31.2 Å². The first-order chi connectivity index (χ1) is 14.4. The lowest BCUT2D eigenvalue weighted by atomic mass is 10.0. The number of likely N-dealkylation sites (N-methyl/N-ethyl adjacent to an activating group) is 1. The second-order valence-corrected chi connectivity index (χ2v) is 8.75. The standard InChI is InChI=1S/C21H19F3N2O4S/c1-12-5-8-15(9-6-12)31(28,29)19-18(13(2)20(27)26(3)30-4)16-10-7-14(21(22,23)24)11-17(16)25-19/h5-11,25H,2H2,1,3-4H3. The number of H-pyrrole nitrogens is 1. The van der Waals surface area contributed by atoms with Crippen LogP contribution in [0.4, 0.5) is 13.2 Å². The number of rotatable bonds is 5. The van der Waals surface area contributed by atoms with Crippen LogP contribution >= 0.6 is 0 Å². The maximum Gasteiger partial charge on any atom is 0.416 e. The van der Waals surface area contributed by atoms with Gasteiger partial charge >= 0.3 is 6.18 Å². The molecule has 1 heterocycles. The van der Waals surface area contributed by atoms with E-state index in [-0.39, 0.29) is 26.9 Å². The minimum absolute atomic E-state index is 0.0812. The number of alkyl halides is 3. The summed E-state index contributed by atoms with van der Waals surface area (Å²) < 4.78 is 66.2. The molecule has 0 bridgehead atoms. The molecular weight excluding hydrogens is 433 g/mol. The number of nitrogens with one attached hydrogen (secondary N) is 1. The van der Waals surface area contributed by atoms with Crippen LogP contribution in [0.2, 0.25) is 0 Å². The number of aryl methyl sites for hydroxylation is 1. The van der Waals surface area contributed by atoms with Crippen molar-refractivity contribution in [3.05, 3.63) is 65.7 Å². The van der Waals surface area contributed by atoms with Crippen molar-refractivity contribution in [3.8, 4) is 0 Å². The van der Waals surface area contributed by atoms with Crippen LogP contribution in [0.15, 0.2) is 59.0 Å². The summed E-state index contributed by atoms with van der Waals surface area (Å²) in [5, 5.41) is 0.531. The van der Waals surface area contributed by atoms with Gasteiger partial charge in [0.1, 0.15) is 5.03 Å². The summed E-state index contributed by atoms with van der Waals surface area (Å²) in [4.78, 5) is 19.9. The van der Waals surface area contributed by atoms with Crippen LogP contribution in [0.5, 0.6) is 0 Å². The van der Waals surface area contributed by atoms with E-state index in [4.69, 9.17) is 4.84 Å². The maximum absolute atomic E-state index is 13.3. The molecule has 3 rings (SSSR count). The van der Waals surface area contributed by atoms with Crippen LogP contribution in [-0.2, 0) is 25.6 Å². The average molecular weight is 452 g/mol. The molecule has 0 saturated carbocycles. The van der Waals surface area contributed by atoms with Gasteiger partial charge < -0.3 is 4.98 Å². The molecular formula is C21H19F3N2O4S. The number of carbonyl (C=O) groups is 1. The number of amides is 1. The quantitative estimate of drug-likeness (QED) is 0.461. The fourth-order valence-corrected chi connectivity index (χ4v) is 4.54. The molecule has 10 heteroatoms. The zero-order chi connectivity index (χ0) is 23.1. The lowest BCUT2D eigenvalue weighted by Crippen LogP contribution is -2.26. The van der Waals surface area contributed by atoms with E-state index in [0.29, 0.717) is 0 Å². The molecule has 1 amide bonds. The van der Waals surface area contributed by atoms with E-state index in [1.54, 1.807) is 19.1 Å². The predicted octanol–water partition coefficient (Wildman–Crippen LogP) is 4.36. The van der Waals surface area contributed by atoms with Crippen LogP contribution in [-0.4, -0.2) is 38.5 Å². The second kappa shape index (κ2) is 7.86. The molecule has 1 N–H and O–H groups in total. The molecule has 6 nitrogen and oxygen atoms in total. The van der Waals surface area contributed by atoms with Crippen molar-refractivity contribution in [2.24, 2.45) is 0 Å². The number of benzene rings is 2. The highest BCUT2D eigenvalue weighted by atomic mass is 32.2. The smallest absolute Gasteiger partial charge is 0.345 e. The Bertz CT molecular complexity index is 1280. The first kappa shape index (κ1) is 22.6. The summed E-state index contributed by atoms with van der Waals surface area (Å²) in [6.07, 6.45) is -4.63. The summed E-state index contributed by atoms with van der Waals surface area (Å²) >= 11 is 0. The summed E-state index contributed by atoms with van der Waals surface area (Å²) in [5.41, 5.74) is -0.589. The van der Waals surface area contributed by atoms with Crippen LogP contribution < -0.4 is 0 Å². The Morgan fingerprint density at radius 2 is 1.74 bits per heavy atom. The number of aromatic amines is 1. The summed E-state index contributed by atoms with van der Waals surface area (Å²) in [6.45, 7) is 5.47. The highest BCUT2D eigenvalue weighted by Gasteiger charge is 2.33. The molecule has 0 aliphatic heterocycles.